The topological polar surface area (TPSA) is 65.5 Å². The fourth-order valence-corrected chi connectivity index (χ4v) is 2.86. The van der Waals surface area contributed by atoms with Crippen LogP contribution in [-0.4, -0.2) is 49.6 Å². The van der Waals surface area contributed by atoms with Crippen LogP contribution in [0.15, 0.2) is 4.99 Å². The number of guanidine groups is 1. The summed E-state index contributed by atoms with van der Waals surface area (Å²) >= 11 is 2.02. The fourth-order valence-electron chi connectivity index (χ4n) is 1.66. The quantitative estimate of drug-likeness (QED) is 0.283. The average molecular weight is 386 g/mol. The van der Waals surface area contributed by atoms with E-state index in [1.54, 1.807) is 7.05 Å². The maximum atomic E-state index is 10.7. The predicted octanol–water partition coefficient (Wildman–Crippen LogP) is 0.801. The highest BCUT2D eigenvalue weighted by atomic mass is 127. The van der Waals surface area contributed by atoms with Gasteiger partial charge in [0.1, 0.15) is 0 Å². The molecule has 1 aliphatic rings. The third kappa shape index (κ3) is 8.02. The number of carbonyl (C=O) groups excluding carboxylic acids is 1. The first-order valence-corrected chi connectivity index (χ1v) is 7.08. The van der Waals surface area contributed by atoms with Crippen LogP contribution in [0.3, 0.4) is 0 Å². The molecule has 1 rings (SSSR count). The predicted molar refractivity (Wildman–Crippen MR) is 88.9 cm³/mol. The van der Waals surface area contributed by atoms with Crippen LogP contribution in [0.2, 0.25) is 0 Å². The third-order valence-corrected chi connectivity index (χ3v) is 3.93. The molecule has 18 heavy (non-hydrogen) atoms. The molecule has 0 radical (unpaired) electrons. The van der Waals surface area contributed by atoms with Crippen molar-refractivity contribution in [1.82, 2.24) is 16.0 Å². The second kappa shape index (κ2) is 10.7. The standard InChI is InChI=1S/C11H22N4OS.HI/c1-9(16)13-5-6-14-11(12-2)15-8-10-4-3-7-17-10;/h10H,3-8H2,1-2H3,(H,13,16)(H2,12,14,15);1H. The van der Waals surface area contributed by atoms with Gasteiger partial charge in [-0.3, -0.25) is 9.79 Å². The van der Waals surface area contributed by atoms with Crippen molar-refractivity contribution >= 4 is 47.6 Å². The van der Waals surface area contributed by atoms with Gasteiger partial charge in [0.2, 0.25) is 5.91 Å². The van der Waals surface area contributed by atoms with Crippen molar-refractivity contribution in [3.63, 3.8) is 0 Å². The number of nitrogens with one attached hydrogen (secondary N) is 3. The molecule has 0 aromatic rings. The summed E-state index contributed by atoms with van der Waals surface area (Å²) in [5, 5.41) is 9.91. The van der Waals surface area contributed by atoms with Crippen molar-refractivity contribution in [3.05, 3.63) is 0 Å². The van der Waals surface area contributed by atoms with Gasteiger partial charge in [-0.05, 0) is 18.6 Å². The number of nitrogens with zero attached hydrogens (tertiary/aromatic N) is 1. The van der Waals surface area contributed by atoms with Crippen LogP contribution in [0.5, 0.6) is 0 Å². The van der Waals surface area contributed by atoms with Gasteiger partial charge in [-0.15, -0.1) is 24.0 Å². The first-order chi connectivity index (χ1) is 8.22. The summed E-state index contributed by atoms with van der Waals surface area (Å²) in [6.45, 7) is 3.79. The van der Waals surface area contributed by atoms with Gasteiger partial charge in [0.05, 0.1) is 0 Å². The Morgan fingerprint density at radius 3 is 2.61 bits per heavy atom. The molecule has 0 saturated carbocycles. The molecule has 0 aromatic heterocycles. The number of thioether (sulfide) groups is 1. The molecule has 1 amide bonds. The van der Waals surface area contributed by atoms with E-state index in [4.69, 9.17) is 0 Å². The third-order valence-electron chi connectivity index (χ3n) is 2.54. The van der Waals surface area contributed by atoms with Gasteiger partial charge in [-0.1, -0.05) is 0 Å². The Bertz CT molecular complexity index is 270. The molecule has 1 unspecified atom stereocenters. The van der Waals surface area contributed by atoms with Crippen LogP contribution in [-0.2, 0) is 4.79 Å². The summed E-state index contributed by atoms with van der Waals surface area (Å²) in [5.41, 5.74) is 0. The normalized spacial score (nSPS) is 19.0. The van der Waals surface area contributed by atoms with E-state index in [1.807, 2.05) is 11.8 Å². The molecule has 1 aliphatic heterocycles. The Morgan fingerprint density at radius 2 is 2.06 bits per heavy atom. The molecular weight excluding hydrogens is 363 g/mol. The summed E-state index contributed by atoms with van der Waals surface area (Å²) in [4.78, 5) is 14.8. The largest absolute Gasteiger partial charge is 0.355 e. The average Bonchev–Trinajstić information content (AvgIpc) is 2.81. The number of hydrogen-bond acceptors (Lipinski definition) is 3. The van der Waals surface area contributed by atoms with E-state index in [-0.39, 0.29) is 29.9 Å². The van der Waals surface area contributed by atoms with E-state index in [1.165, 1.54) is 25.5 Å². The lowest BCUT2D eigenvalue weighted by Crippen LogP contribution is -2.43. The highest BCUT2D eigenvalue weighted by molar-refractivity contribution is 14.0. The first kappa shape index (κ1) is 17.8. The van der Waals surface area contributed by atoms with E-state index in [2.05, 4.69) is 20.9 Å². The lowest BCUT2D eigenvalue weighted by atomic mass is 10.2. The smallest absolute Gasteiger partial charge is 0.216 e. The Kier molecular flexibility index (Phi) is 10.6. The molecule has 106 valence electrons. The van der Waals surface area contributed by atoms with Crippen LogP contribution in [0.4, 0.5) is 0 Å². The van der Waals surface area contributed by atoms with Gasteiger partial charge in [0, 0.05) is 38.9 Å². The molecule has 0 aromatic carbocycles. The molecule has 0 bridgehead atoms. The van der Waals surface area contributed by atoms with E-state index in [9.17, 15) is 4.79 Å². The fraction of sp³-hybridized carbons (Fsp3) is 0.818. The molecule has 1 heterocycles. The SMILES string of the molecule is CN=C(NCCNC(C)=O)NCC1CCCS1.I. The van der Waals surface area contributed by atoms with Gasteiger partial charge >= 0.3 is 0 Å². The molecular formula is C11H23IN4OS. The summed E-state index contributed by atoms with van der Waals surface area (Å²) < 4.78 is 0. The molecule has 3 N–H and O–H groups in total. The number of carbonyl (C=O) groups is 1. The van der Waals surface area contributed by atoms with E-state index < -0.39 is 0 Å². The lowest BCUT2D eigenvalue weighted by Gasteiger charge is -2.14. The summed E-state index contributed by atoms with van der Waals surface area (Å²) in [6, 6.07) is 0. The first-order valence-electron chi connectivity index (χ1n) is 6.03. The van der Waals surface area contributed by atoms with E-state index in [0.717, 1.165) is 12.5 Å². The van der Waals surface area contributed by atoms with Gasteiger partial charge in [0.15, 0.2) is 5.96 Å². The Morgan fingerprint density at radius 1 is 1.33 bits per heavy atom. The minimum absolute atomic E-state index is 0. The molecule has 5 nitrogen and oxygen atoms in total. The Labute approximate surface area is 130 Å². The van der Waals surface area contributed by atoms with E-state index in [0.29, 0.717) is 18.3 Å². The number of aliphatic imine (C=N–C) groups is 1. The summed E-state index contributed by atoms with van der Waals surface area (Å²) in [5.74, 6) is 2.08. The molecule has 0 aliphatic carbocycles. The zero-order valence-electron chi connectivity index (χ0n) is 11.0. The van der Waals surface area contributed by atoms with Gasteiger partial charge in [-0.25, -0.2) is 0 Å². The van der Waals surface area contributed by atoms with Gasteiger partial charge in [0.25, 0.3) is 0 Å². The number of rotatable bonds is 5. The zero-order chi connectivity index (χ0) is 12.5. The highest BCUT2D eigenvalue weighted by Crippen LogP contribution is 2.25. The molecule has 1 saturated heterocycles. The van der Waals surface area contributed by atoms with Crippen molar-refractivity contribution in [1.29, 1.82) is 0 Å². The van der Waals surface area contributed by atoms with Crippen LogP contribution < -0.4 is 16.0 Å². The summed E-state index contributed by atoms with van der Waals surface area (Å²) in [6.07, 6.45) is 2.62. The van der Waals surface area contributed by atoms with Crippen LogP contribution >= 0.6 is 35.7 Å². The number of halogens is 1. The second-order valence-corrected chi connectivity index (χ2v) is 5.41. The maximum absolute atomic E-state index is 10.7. The van der Waals surface area contributed by atoms with Gasteiger partial charge in [-0.2, -0.15) is 11.8 Å². The molecule has 0 spiro atoms. The number of hydrogen-bond donors (Lipinski definition) is 3. The van der Waals surface area contributed by atoms with Crippen molar-refractivity contribution in [2.75, 3.05) is 32.4 Å². The van der Waals surface area contributed by atoms with Crippen LogP contribution in [0.25, 0.3) is 0 Å². The summed E-state index contributed by atoms with van der Waals surface area (Å²) in [7, 11) is 1.76. The molecule has 1 atom stereocenters. The van der Waals surface area contributed by atoms with Crippen LogP contribution in [0.1, 0.15) is 19.8 Å². The number of amides is 1. The second-order valence-electron chi connectivity index (χ2n) is 4.00. The Balaban J connectivity index is 0.00000289. The monoisotopic (exact) mass is 386 g/mol. The van der Waals surface area contributed by atoms with Gasteiger partial charge < -0.3 is 16.0 Å². The minimum Gasteiger partial charge on any atom is -0.355 e. The lowest BCUT2D eigenvalue weighted by molar-refractivity contribution is -0.118. The Hall–Kier alpha value is -0.180. The minimum atomic E-state index is -0.00268. The van der Waals surface area contributed by atoms with Crippen LogP contribution in [0, 0.1) is 0 Å². The van der Waals surface area contributed by atoms with Crippen molar-refractivity contribution < 1.29 is 4.79 Å². The van der Waals surface area contributed by atoms with Crippen molar-refractivity contribution in [2.24, 2.45) is 4.99 Å². The van der Waals surface area contributed by atoms with Crippen molar-refractivity contribution in [3.8, 4) is 0 Å². The van der Waals surface area contributed by atoms with E-state index >= 15 is 0 Å². The zero-order valence-corrected chi connectivity index (χ0v) is 14.1. The van der Waals surface area contributed by atoms with Crippen molar-refractivity contribution in [2.45, 2.75) is 25.0 Å². The maximum Gasteiger partial charge on any atom is 0.216 e. The molecule has 1 fully saturated rings. The highest BCUT2D eigenvalue weighted by Gasteiger charge is 2.15. The molecule has 7 heteroatoms.